The zero-order valence-corrected chi connectivity index (χ0v) is 19.5. The number of hydrogen-bond donors (Lipinski definition) is 1. The van der Waals surface area contributed by atoms with Crippen LogP contribution < -0.4 is 0 Å². The summed E-state index contributed by atoms with van der Waals surface area (Å²) in [6.07, 6.45) is 7.76. The molecular weight excluding hydrogens is 376 g/mol. The molecule has 0 saturated heterocycles. The largest absolute Gasteiger partial charge is 0.431 e. The van der Waals surface area contributed by atoms with Gasteiger partial charge in [0.1, 0.15) is 11.9 Å². The van der Waals surface area contributed by atoms with Gasteiger partial charge in [0.15, 0.2) is 5.78 Å². The van der Waals surface area contributed by atoms with Crippen LogP contribution in [0.25, 0.3) is 0 Å². The van der Waals surface area contributed by atoms with E-state index in [0.29, 0.717) is 24.2 Å². The predicted octanol–water partition coefficient (Wildman–Crippen LogP) is 5.43. The smallest absolute Gasteiger partial charge is 0.315 e. The van der Waals surface area contributed by atoms with Crippen LogP contribution in [0, 0.1) is 40.4 Å². The molecule has 2 fully saturated rings. The Hall–Kier alpha value is -1.16. The summed E-state index contributed by atoms with van der Waals surface area (Å²) in [6.45, 7) is 11.5. The number of Topliss-reactive ketones (excluding diaryl/α,β-unsaturated/α-hetero) is 1. The van der Waals surface area contributed by atoms with Crippen molar-refractivity contribution in [2.24, 2.45) is 40.4 Å². The first-order valence-corrected chi connectivity index (χ1v) is 12.2. The van der Waals surface area contributed by atoms with Crippen molar-refractivity contribution in [3.05, 3.63) is 11.3 Å². The molecule has 0 spiro atoms. The first-order valence-electron chi connectivity index (χ1n) is 12.2. The molecule has 0 aromatic carbocycles. The molecule has 0 radical (unpaired) electrons. The standard InChI is InChI=1S/C26H40O4/c1-15(2)7-6-8-16(3)17-9-10-18-23-19(11-12-25(17,18)4)26(5)14-22(28)21(27)13-20(26)24(29)30-23/h15-18,20,22,28H,6-14H2,1-5H3/t16-,17-,18+,20-,22-,25-,26-/m1/s1. The Morgan fingerprint density at radius 1 is 1.10 bits per heavy atom. The second-order valence-electron chi connectivity index (χ2n) is 11.7. The highest BCUT2D eigenvalue weighted by Gasteiger charge is 2.60. The molecule has 3 aliphatic carbocycles. The van der Waals surface area contributed by atoms with E-state index in [1.165, 1.54) is 31.3 Å². The Bertz CT molecular complexity index is 752. The molecule has 4 nitrogen and oxygen atoms in total. The molecule has 168 valence electrons. The van der Waals surface area contributed by atoms with Gasteiger partial charge in [-0.15, -0.1) is 0 Å². The number of ether oxygens (including phenoxy) is 1. The van der Waals surface area contributed by atoms with Gasteiger partial charge in [0.2, 0.25) is 0 Å². The number of carbonyl (C=O) groups is 2. The van der Waals surface area contributed by atoms with E-state index in [1.807, 2.05) is 0 Å². The Kier molecular flexibility index (Phi) is 5.70. The minimum absolute atomic E-state index is 0.116. The molecule has 1 aliphatic heterocycles. The summed E-state index contributed by atoms with van der Waals surface area (Å²) in [6, 6.07) is 0. The van der Waals surface area contributed by atoms with Gasteiger partial charge in [-0.05, 0) is 60.8 Å². The molecule has 0 bridgehead atoms. The molecule has 7 atom stereocenters. The maximum atomic E-state index is 13.0. The highest BCUT2D eigenvalue weighted by atomic mass is 16.5. The molecule has 1 N–H and O–H groups in total. The monoisotopic (exact) mass is 416 g/mol. The summed E-state index contributed by atoms with van der Waals surface area (Å²) >= 11 is 0. The maximum Gasteiger partial charge on any atom is 0.315 e. The Balaban J connectivity index is 1.59. The topological polar surface area (TPSA) is 63.6 Å². The lowest BCUT2D eigenvalue weighted by molar-refractivity contribution is -0.163. The molecule has 4 aliphatic rings. The van der Waals surface area contributed by atoms with Gasteiger partial charge in [0, 0.05) is 17.8 Å². The lowest BCUT2D eigenvalue weighted by Gasteiger charge is -2.52. The fourth-order valence-corrected chi connectivity index (χ4v) is 7.54. The van der Waals surface area contributed by atoms with Crippen LogP contribution >= 0.6 is 0 Å². The highest BCUT2D eigenvalue weighted by Crippen LogP contribution is 2.64. The van der Waals surface area contributed by atoms with Crippen molar-refractivity contribution in [3.63, 3.8) is 0 Å². The summed E-state index contributed by atoms with van der Waals surface area (Å²) in [5.74, 6) is 2.47. The van der Waals surface area contributed by atoms with E-state index in [-0.39, 0.29) is 23.6 Å². The number of ketones is 1. The van der Waals surface area contributed by atoms with E-state index in [2.05, 4.69) is 34.6 Å². The molecule has 0 unspecified atom stereocenters. The van der Waals surface area contributed by atoms with Crippen molar-refractivity contribution in [2.75, 3.05) is 0 Å². The van der Waals surface area contributed by atoms with Crippen molar-refractivity contribution in [1.29, 1.82) is 0 Å². The quantitative estimate of drug-likeness (QED) is 0.607. The number of allylic oxidation sites excluding steroid dienone is 2. The second-order valence-corrected chi connectivity index (χ2v) is 11.7. The van der Waals surface area contributed by atoms with Crippen LogP contribution in [0.3, 0.4) is 0 Å². The average molecular weight is 417 g/mol. The first-order chi connectivity index (χ1) is 14.1. The van der Waals surface area contributed by atoms with Crippen LogP contribution in [-0.4, -0.2) is 23.0 Å². The minimum atomic E-state index is -0.948. The van der Waals surface area contributed by atoms with Gasteiger partial charge in [-0.2, -0.15) is 0 Å². The van der Waals surface area contributed by atoms with E-state index in [9.17, 15) is 14.7 Å². The summed E-state index contributed by atoms with van der Waals surface area (Å²) in [7, 11) is 0. The van der Waals surface area contributed by atoms with Crippen LogP contribution in [-0.2, 0) is 14.3 Å². The maximum absolute atomic E-state index is 13.0. The van der Waals surface area contributed by atoms with Gasteiger partial charge in [0.25, 0.3) is 0 Å². The molecular formula is C26H40O4. The summed E-state index contributed by atoms with van der Waals surface area (Å²) in [4.78, 5) is 25.1. The number of esters is 1. The van der Waals surface area contributed by atoms with E-state index < -0.39 is 17.4 Å². The van der Waals surface area contributed by atoms with Gasteiger partial charge in [0.05, 0.1) is 5.92 Å². The first kappa shape index (κ1) is 22.0. The molecule has 2 saturated carbocycles. The average Bonchev–Trinajstić information content (AvgIpc) is 3.01. The van der Waals surface area contributed by atoms with Crippen LogP contribution in [0.15, 0.2) is 11.3 Å². The summed E-state index contributed by atoms with van der Waals surface area (Å²) < 4.78 is 6.04. The van der Waals surface area contributed by atoms with Gasteiger partial charge < -0.3 is 9.84 Å². The minimum Gasteiger partial charge on any atom is -0.431 e. The van der Waals surface area contributed by atoms with Crippen LogP contribution in [0.1, 0.15) is 92.4 Å². The Morgan fingerprint density at radius 3 is 2.53 bits per heavy atom. The molecule has 0 amide bonds. The molecule has 4 heteroatoms. The normalized spacial score (nSPS) is 42.0. The van der Waals surface area contributed by atoms with Crippen molar-refractivity contribution >= 4 is 11.8 Å². The van der Waals surface area contributed by atoms with Crippen LogP contribution in [0.2, 0.25) is 0 Å². The van der Waals surface area contributed by atoms with Gasteiger partial charge in [-0.1, -0.05) is 53.9 Å². The van der Waals surface area contributed by atoms with E-state index >= 15 is 0 Å². The van der Waals surface area contributed by atoms with E-state index in [4.69, 9.17) is 4.74 Å². The van der Waals surface area contributed by atoms with Crippen molar-refractivity contribution < 1.29 is 19.4 Å². The van der Waals surface area contributed by atoms with Crippen LogP contribution in [0.4, 0.5) is 0 Å². The van der Waals surface area contributed by atoms with E-state index in [0.717, 1.165) is 30.9 Å². The van der Waals surface area contributed by atoms with Crippen molar-refractivity contribution in [1.82, 2.24) is 0 Å². The van der Waals surface area contributed by atoms with Gasteiger partial charge in [-0.25, -0.2) is 0 Å². The Morgan fingerprint density at radius 2 is 1.83 bits per heavy atom. The third-order valence-corrected chi connectivity index (χ3v) is 9.41. The zero-order valence-electron chi connectivity index (χ0n) is 19.5. The van der Waals surface area contributed by atoms with E-state index in [1.54, 1.807) is 0 Å². The van der Waals surface area contributed by atoms with Gasteiger partial charge in [-0.3, -0.25) is 9.59 Å². The number of fused-ring (bicyclic) bond motifs is 4. The lowest BCUT2D eigenvalue weighted by Crippen LogP contribution is -2.52. The third-order valence-electron chi connectivity index (χ3n) is 9.41. The third kappa shape index (κ3) is 3.38. The predicted molar refractivity (Wildman–Crippen MR) is 116 cm³/mol. The fourth-order valence-electron chi connectivity index (χ4n) is 7.54. The molecule has 0 aromatic heterocycles. The molecule has 4 rings (SSSR count). The SMILES string of the molecule is CC(C)CCC[C@@H](C)[C@H]1CC[C@H]2C3=C(CC[C@]12C)[C@@]1(C)C[C@@H](O)C(=O)C[C@@H]1C(=O)O3. The number of carbonyl (C=O) groups excluding carboxylic acids is 2. The van der Waals surface area contributed by atoms with Crippen molar-refractivity contribution in [2.45, 2.75) is 98.5 Å². The Labute approximate surface area is 181 Å². The number of aliphatic hydroxyl groups is 1. The zero-order chi connectivity index (χ0) is 21.8. The van der Waals surface area contributed by atoms with Gasteiger partial charge >= 0.3 is 5.97 Å². The number of rotatable bonds is 5. The molecule has 0 aromatic rings. The molecule has 30 heavy (non-hydrogen) atoms. The highest BCUT2D eigenvalue weighted by molar-refractivity contribution is 5.90. The summed E-state index contributed by atoms with van der Waals surface area (Å²) in [5.41, 5.74) is 0.984. The lowest BCUT2D eigenvalue weighted by atomic mass is 9.54. The van der Waals surface area contributed by atoms with Crippen molar-refractivity contribution in [3.8, 4) is 0 Å². The summed E-state index contributed by atoms with van der Waals surface area (Å²) in [5, 5.41) is 10.3. The molecule has 1 heterocycles. The second kappa shape index (κ2) is 7.76. The number of hydrogen-bond acceptors (Lipinski definition) is 4. The number of aliphatic hydroxyl groups excluding tert-OH is 1. The van der Waals surface area contributed by atoms with Crippen LogP contribution in [0.5, 0.6) is 0 Å². The fraction of sp³-hybridized carbons (Fsp3) is 0.846.